The van der Waals surface area contributed by atoms with Crippen LogP contribution < -0.4 is 0 Å². The van der Waals surface area contributed by atoms with Gasteiger partial charge >= 0.3 is 0 Å². The van der Waals surface area contributed by atoms with Gasteiger partial charge in [-0.25, -0.2) is 0 Å². The zero-order valence-electron chi connectivity index (χ0n) is 7.00. The Labute approximate surface area is 78.8 Å². The summed E-state index contributed by atoms with van der Waals surface area (Å²) in [5.74, 6) is 0. The maximum atomic E-state index is 12.9. The second-order valence-corrected chi connectivity index (χ2v) is 3.93. The van der Waals surface area contributed by atoms with Crippen molar-refractivity contribution in [2.24, 2.45) is 0 Å². The van der Waals surface area contributed by atoms with E-state index in [0.29, 0.717) is 5.56 Å². The maximum absolute atomic E-state index is 12.9. The first-order valence-corrected chi connectivity index (χ1v) is 4.67. The van der Waals surface area contributed by atoms with E-state index in [1.54, 1.807) is 12.1 Å². The quantitative estimate of drug-likeness (QED) is 0.637. The molecule has 0 aliphatic heterocycles. The van der Waals surface area contributed by atoms with E-state index in [-0.39, 0.29) is 5.13 Å². The predicted molar refractivity (Wildman–Crippen MR) is 51.9 cm³/mol. The van der Waals surface area contributed by atoms with Gasteiger partial charge in [0.1, 0.15) is 6.29 Å². The lowest BCUT2D eigenvalue weighted by atomic mass is 10.1. The Morgan fingerprint density at radius 1 is 1.38 bits per heavy atom. The number of aryl methyl sites for hydroxylation is 1. The van der Waals surface area contributed by atoms with Crippen LogP contribution in [-0.2, 0) is 0 Å². The summed E-state index contributed by atoms with van der Waals surface area (Å²) in [4.78, 5) is 10.5. The number of aldehydes is 1. The molecule has 0 fully saturated rings. The fourth-order valence-electron chi connectivity index (χ4n) is 1.39. The van der Waals surface area contributed by atoms with Gasteiger partial charge in [0.25, 0.3) is 0 Å². The van der Waals surface area contributed by atoms with Crippen LogP contribution in [0.15, 0.2) is 18.2 Å². The van der Waals surface area contributed by atoms with E-state index in [9.17, 15) is 9.18 Å². The van der Waals surface area contributed by atoms with Crippen molar-refractivity contribution in [3.63, 3.8) is 0 Å². The summed E-state index contributed by atoms with van der Waals surface area (Å²) in [6.07, 6.45) is 0.780. The zero-order valence-corrected chi connectivity index (χ0v) is 7.82. The molecule has 2 aromatic rings. The molecule has 13 heavy (non-hydrogen) atoms. The van der Waals surface area contributed by atoms with Crippen LogP contribution in [-0.4, -0.2) is 6.29 Å². The van der Waals surface area contributed by atoms with Crippen LogP contribution in [0.1, 0.15) is 15.9 Å². The first kappa shape index (κ1) is 8.38. The molecule has 0 saturated heterocycles. The molecule has 66 valence electrons. The molecular formula is C10H7FOS. The second-order valence-electron chi connectivity index (χ2n) is 2.92. The van der Waals surface area contributed by atoms with Gasteiger partial charge in [-0.1, -0.05) is 0 Å². The van der Waals surface area contributed by atoms with E-state index in [1.165, 1.54) is 6.07 Å². The molecule has 0 aliphatic rings. The first-order valence-electron chi connectivity index (χ1n) is 3.85. The number of hydrogen-bond acceptors (Lipinski definition) is 2. The maximum Gasteiger partial charge on any atom is 0.177 e. The third-order valence-electron chi connectivity index (χ3n) is 1.93. The summed E-state index contributed by atoms with van der Waals surface area (Å²) in [6.45, 7) is 1.88. The van der Waals surface area contributed by atoms with E-state index in [4.69, 9.17) is 0 Å². The van der Waals surface area contributed by atoms with Crippen LogP contribution in [0.25, 0.3) is 10.1 Å². The predicted octanol–water partition coefficient (Wildman–Crippen LogP) is 3.16. The van der Waals surface area contributed by atoms with Gasteiger partial charge in [0.05, 0.1) is 0 Å². The average molecular weight is 194 g/mol. The molecule has 0 saturated carbocycles. The summed E-state index contributed by atoms with van der Waals surface area (Å²) in [6, 6.07) is 4.93. The van der Waals surface area contributed by atoms with Crippen molar-refractivity contribution in [1.82, 2.24) is 0 Å². The van der Waals surface area contributed by atoms with Crippen LogP contribution >= 0.6 is 11.3 Å². The highest BCUT2D eigenvalue weighted by molar-refractivity contribution is 7.17. The number of carbonyl (C=O) groups is 1. The summed E-state index contributed by atoms with van der Waals surface area (Å²) in [5.41, 5.74) is 1.55. The number of hydrogen-bond donors (Lipinski definition) is 0. The number of carbonyl (C=O) groups excluding carboxylic acids is 1. The molecule has 0 unspecified atom stereocenters. The molecule has 0 spiro atoms. The number of thiophene rings is 1. The molecule has 0 N–H and O–H groups in total. The lowest BCUT2D eigenvalue weighted by Crippen LogP contribution is -1.80. The Balaban J connectivity index is 2.82. The zero-order chi connectivity index (χ0) is 9.42. The van der Waals surface area contributed by atoms with Crippen molar-refractivity contribution < 1.29 is 9.18 Å². The van der Waals surface area contributed by atoms with Crippen molar-refractivity contribution in [1.29, 1.82) is 0 Å². The van der Waals surface area contributed by atoms with Crippen molar-refractivity contribution in [3.05, 3.63) is 34.5 Å². The number of fused-ring (bicyclic) bond motifs is 1. The molecule has 1 aromatic heterocycles. The molecule has 0 amide bonds. The van der Waals surface area contributed by atoms with Crippen LogP contribution in [0.2, 0.25) is 0 Å². The third kappa shape index (κ3) is 1.35. The smallest absolute Gasteiger partial charge is 0.177 e. The van der Waals surface area contributed by atoms with Crippen molar-refractivity contribution in [3.8, 4) is 0 Å². The van der Waals surface area contributed by atoms with Crippen molar-refractivity contribution in [2.75, 3.05) is 0 Å². The molecule has 1 aromatic carbocycles. The highest BCUT2D eigenvalue weighted by Crippen LogP contribution is 2.28. The minimum Gasteiger partial charge on any atom is -0.298 e. The summed E-state index contributed by atoms with van der Waals surface area (Å²) < 4.78 is 13.8. The van der Waals surface area contributed by atoms with Gasteiger partial charge in [-0.05, 0) is 36.1 Å². The molecule has 1 heterocycles. The molecule has 0 radical (unpaired) electrons. The Morgan fingerprint density at radius 2 is 2.15 bits per heavy atom. The van der Waals surface area contributed by atoms with Crippen molar-refractivity contribution >= 4 is 27.7 Å². The molecule has 3 heteroatoms. The summed E-state index contributed by atoms with van der Waals surface area (Å²) in [7, 11) is 0. The van der Waals surface area contributed by atoms with Gasteiger partial charge in [0.15, 0.2) is 5.13 Å². The van der Waals surface area contributed by atoms with E-state index < -0.39 is 0 Å². The monoisotopic (exact) mass is 194 g/mol. The number of benzene rings is 1. The van der Waals surface area contributed by atoms with Crippen LogP contribution in [0, 0.1) is 12.1 Å². The van der Waals surface area contributed by atoms with E-state index in [1.807, 2.05) is 6.92 Å². The van der Waals surface area contributed by atoms with Crippen molar-refractivity contribution in [2.45, 2.75) is 6.92 Å². The van der Waals surface area contributed by atoms with Gasteiger partial charge in [0.2, 0.25) is 0 Å². The fourth-order valence-corrected chi connectivity index (χ4v) is 2.23. The van der Waals surface area contributed by atoms with Gasteiger partial charge in [-0.15, -0.1) is 11.3 Å². The van der Waals surface area contributed by atoms with Gasteiger partial charge < -0.3 is 0 Å². The SMILES string of the molecule is Cc1cc(C=O)cc2cc(F)sc12. The molecule has 2 rings (SSSR count). The second kappa shape index (κ2) is 2.92. The van der Waals surface area contributed by atoms with Gasteiger partial charge in [-0.2, -0.15) is 4.39 Å². The number of rotatable bonds is 1. The van der Waals surface area contributed by atoms with E-state index in [0.717, 1.165) is 33.3 Å². The summed E-state index contributed by atoms with van der Waals surface area (Å²) in [5, 5.41) is 0.603. The standard InChI is InChI=1S/C10H7FOS/c1-6-2-7(5-12)3-8-4-9(11)13-10(6)8/h2-5H,1H3. The average Bonchev–Trinajstić information content (AvgIpc) is 2.46. The van der Waals surface area contributed by atoms with E-state index >= 15 is 0 Å². The van der Waals surface area contributed by atoms with E-state index in [2.05, 4.69) is 0 Å². The Hall–Kier alpha value is -1.22. The Bertz CT molecular complexity index is 473. The van der Waals surface area contributed by atoms with Crippen LogP contribution in [0.3, 0.4) is 0 Å². The normalized spacial score (nSPS) is 10.6. The molecule has 0 aliphatic carbocycles. The third-order valence-corrected chi connectivity index (χ3v) is 3.00. The van der Waals surface area contributed by atoms with Gasteiger partial charge in [-0.3, -0.25) is 4.79 Å². The lowest BCUT2D eigenvalue weighted by molar-refractivity contribution is 0.112. The first-order chi connectivity index (χ1) is 6.20. The molecule has 1 nitrogen and oxygen atoms in total. The largest absolute Gasteiger partial charge is 0.298 e. The van der Waals surface area contributed by atoms with Gasteiger partial charge in [0, 0.05) is 10.3 Å². The minimum atomic E-state index is -0.207. The fraction of sp³-hybridized carbons (Fsp3) is 0.100. The lowest BCUT2D eigenvalue weighted by Gasteiger charge is -1.96. The molecular weight excluding hydrogens is 187 g/mol. The topological polar surface area (TPSA) is 17.1 Å². The Kier molecular flexibility index (Phi) is 1.88. The molecule has 0 atom stereocenters. The highest BCUT2D eigenvalue weighted by Gasteiger charge is 2.05. The minimum absolute atomic E-state index is 0.207. The van der Waals surface area contributed by atoms with Crippen LogP contribution in [0.4, 0.5) is 4.39 Å². The van der Waals surface area contributed by atoms with Crippen LogP contribution in [0.5, 0.6) is 0 Å². The number of halogens is 1. The molecule has 0 bridgehead atoms. The summed E-state index contributed by atoms with van der Waals surface area (Å²) >= 11 is 1.12. The Morgan fingerprint density at radius 3 is 2.85 bits per heavy atom. The highest BCUT2D eigenvalue weighted by atomic mass is 32.1.